The number of rotatable bonds is 4. The smallest absolute Gasteiger partial charge is 0.255 e. The maximum atomic E-state index is 12.7. The molecular formula is C22H27NO. The second-order valence-electron chi connectivity index (χ2n) is 6.39. The van der Waals surface area contributed by atoms with Gasteiger partial charge in [0.1, 0.15) is 0 Å². The number of hydrogen-bond acceptors (Lipinski definition) is 1. The van der Waals surface area contributed by atoms with Crippen molar-refractivity contribution in [1.82, 2.24) is 0 Å². The van der Waals surface area contributed by atoms with E-state index in [0.717, 1.165) is 16.8 Å². The molecule has 2 rings (SSSR count). The highest BCUT2D eigenvalue weighted by molar-refractivity contribution is 6.06. The maximum Gasteiger partial charge on any atom is 0.255 e. The van der Waals surface area contributed by atoms with E-state index in [-0.39, 0.29) is 5.91 Å². The monoisotopic (exact) mass is 321 g/mol. The van der Waals surface area contributed by atoms with Gasteiger partial charge in [0.2, 0.25) is 0 Å². The Morgan fingerprint density at radius 3 is 1.83 bits per heavy atom. The van der Waals surface area contributed by atoms with Crippen molar-refractivity contribution in [3.8, 4) is 12.8 Å². The average Bonchev–Trinajstić information content (AvgIpc) is 2.56. The van der Waals surface area contributed by atoms with Crippen molar-refractivity contribution >= 4 is 11.6 Å². The molecule has 2 aromatic carbocycles. The lowest BCUT2D eigenvalue weighted by atomic mass is 9.92. The molecule has 2 heteroatoms. The van der Waals surface area contributed by atoms with E-state index in [9.17, 15) is 4.79 Å². The number of amides is 1. The molecule has 1 N–H and O–H groups in total. The number of carbonyl (C=O) groups is 1. The summed E-state index contributed by atoms with van der Waals surface area (Å²) < 4.78 is 0. The van der Waals surface area contributed by atoms with Gasteiger partial charge in [-0.25, -0.2) is 0 Å². The third-order valence-electron chi connectivity index (χ3n) is 4.00. The molecule has 2 nitrogen and oxygen atoms in total. The van der Waals surface area contributed by atoms with Crippen molar-refractivity contribution in [2.45, 2.75) is 46.5 Å². The zero-order valence-electron chi connectivity index (χ0n) is 15.3. The molecule has 0 aliphatic carbocycles. The van der Waals surface area contributed by atoms with Crippen LogP contribution in [0.25, 0.3) is 0 Å². The maximum absolute atomic E-state index is 12.7. The third kappa shape index (κ3) is 4.49. The molecule has 0 radical (unpaired) electrons. The van der Waals surface area contributed by atoms with Gasteiger partial charge in [-0.15, -0.1) is 12.8 Å². The van der Waals surface area contributed by atoms with Crippen LogP contribution >= 0.6 is 0 Å². The zero-order valence-corrected chi connectivity index (χ0v) is 15.3. The SMILES string of the molecule is C#C.Cc1ccccc1C(=O)Nc1c(C(C)C)cccc1C(C)C. The summed E-state index contributed by atoms with van der Waals surface area (Å²) in [6.07, 6.45) is 8.00. The highest BCUT2D eigenvalue weighted by Gasteiger charge is 2.17. The van der Waals surface area contributed by atoms with Gasteiger partial charge in [0.15, 0.2) is 0 Å². The first kappa shape index (κ1) is 19.5. The summed E-state index contributed by atoms with van der Waals surface area (Å²) in [6.45, 7) is 10.6. The summed E-state index contributed by atoms with van der Waals surface area (Å²) in [6, 6.07) is 14.0. The number of benzene rings is 2. The average molecular weight is 321 g/mol. The van der Waals surface area contributed by atoms with Crippen molar-refractivity contribution in [2.75, 3.05) is 5.32 Å². The van der Waals surface area contributed by atoms with Gasteiger partial charge in [-0.2, -0.15) is 0 Å². The summed E-state index contributed by atoms with van der Waals surface area (Å²) in [5, 5.41) is 3.16. The van der Waals surface area contributed by atoms with E-state index in [4.69, 9.17) is 0 Å². The minimum absolute atomic E-state index is 0.0342. The first-order valence-electron chi connectivity index (χ1n) is 8.25. The van der Waals surface area contributed by atoms with E-state index >= 15 is 0 Å². The van der Waals surface area contributed by atoms with Gasteiger partial charge < -0.3 is 5.32 Å². The fourth-order valence-electron chi connectivity index (χ4n) is 2.70. The summed E-state index contributed by atoms with van der Waals surface area (Å²) >= 11 is 0. The second-order valence-corrected chi connectivity index (χ2v) is 6.39. The molecule has 1 amide bonds. The van der Waals surface area contributed by atoms with E-state index in [2.05, 4.69) is 64.1 Å². The van der Waals surface area contributed by atoms with E-state index in [1.807, 2.05) is 31.2 Å². The number of terminal acetylenes is 1. The van der Waals surface area contributed by atoms with E-state index in [1.165, 1.54) is 11.1 Å². The first-order valence-corrected chi connectivity index (χ1v) is 8.25. The normalized spacial score (nSPS) is 10.2. The standard InChI is InChI=1S/C20H25NO.C2H2/c1-13(2)16-11-8-12-17(14(3)4)19(16)21-20(22)18-10-7-6-9-15(18)5;1-2/h6-14H,1-5H3,(H,21,22);1-2H. The van der Waals surface area contributed by atoms with Crippen LogP contribution in [0.2, 0.25) is 0 Å². The highest BCUT2D eigenvalue weighted by atomic mass is 16.1. The fourth-order valence-corrected chi connectivity index (χ4v) is 2.70. The molecular weight excluding hydrogens is 294 g/mol. The molecule has 0 spiro atoms. The Labute approximate surface area is 146 Å². The molecule has 0 unspecified atom stereocenters. The minimum Gasteiger partial charge on any atom is -0.321 e. The van der Waals surface area contributed by atoms with E-state index < -0.39 is 0 Å². The van der Waals surface area contributed by atoms with Gasteiger partial charge in [-0.05, 0) is 41.5 Å². The Balaban J connectivity index is 0.00000139. The Bertz CT molecular complexity index is 685. The first-order chi connectivity index (χ1) is 11.4. The Morgan fingerprint density at radius 2 is 1.38 bits per heavy atom. The second kappa shape index (κ2) is 8.93. The number of para-hydroxylation sites is 1. The van der Waals surface area contributed by atoms with Crippen molar-refractivity contribution in [1.29, 1.82) is 0 Å². The number of anilines is 1. The van der Waals surface area contributed by atoms with E-state index in [1.54, 1.807) is 0 Å². The molecule has 0 atom stereocenters. The highest BCUT2D eigenvalue weighted by Crippen LogP contribution is 2.32. The van der Waals surface area contributed by atoms with Gasteiger partial charge in [0.25, 0.3) is 5.91 Å². The largest absolute Gasteiger partial charge is 0.321 e. The van der Waals surface area contributed by atoms with Crippen LogP contribution < -0.4 is 5.32 Å². The van der Waals surface area contributed by atoms with Crippen LogP contribution in [-0.2, 0) is 0 Å². The van der Waals surface area contributed by atoms with E-state index in [0.29, 0.717) is 11.8 Å². The molecule has 2 aromatic rings. The molecule has 0 saturated heterocycles. The third-order valence-corrected chi connectivity index (χ3v) is 4.00. The van der Waals surface area contributed by atoms with Gasteiger partial charge in [-0.3, -0.25) is 4.79 Å². The Kier molecular flexibility index (Phi) is 7.27. The topological polar surface area (TPSA) is 29.1 Å². The van der Waals surface area contributed by atoms with Crippen LogP contribution in [0.3, 0.4) is 0 Å². The lowest BCUT2D eigenvalue weighted by Gasteiger charge is -2.20. The molecule has 0 aliphatic rings. The minimum atomic E-state index is -0.0342. The van der Waals surface area contributed by atoms with Crippen molar-refractivity contribution < 1.29 is 4.79 Å². The van der Waals surface area contributed by atoms with Crippen LogP contribution in [0, 0.1) is 19.8 Å². The molecule has 24 heavy (non-hydrogen) atoms. The predicted molar refractivity (Wildman–Crippen MR) is 104 cm³/mol. The predicted octanol–water partition coefficient (Wildman–Crippen LogP) is 5.74. The summed E-state index contributed by atoms with van der Waals surface area (Å²) in [5.41, 5.74) is 5.07. The van der Waals surface area contributed by atoms with Crippen molar-refractivity contribution in [3.05, 3.63) is 64.7 Å². The number of carbonyl (C=O) groups excluding carboxylic acids is 1. The van der Waals surface area contributed by atoms with Crippen LogP contribution in [0.1, 0.15) is 66.6 Å². The van der Waals surface area contributed by atoms with Gasteiger partial charge in [0, 0.05) is 11.3 Å². The van der Waals surface area contributed by atoms with Crippen molar-refractivity contribution in [3.63, 3.8) is 0 Å². The van der Waals surface area contributed by atoms with Gasteiger partial charge in [0.05, 0.1) is 0 Å². The molecule has 126 valence electrons. The van der Waals surface area contributed by atoms with Gasteiger partial charge in [-0.1, -0.05) is 64.1 Å². The zero-order chi connectivity index (χ0) is 18.3. The number of aryl methyl sites for hydroxylation is 1. The molecule has 0 fully saturated rings. The summed E-state index contributed by atoms with van der Waals surface area (Å²) in [7, 11) is 0. The lowest BCUT2D eigenvalue weighted by Crippen LogP contribution is -2.16. The summed E-state index contributed by atoms with van der Waals surface area (Å²) in [4.78, 5) is 12.7. The van der Waals surface area contributed by atoms with Crippen LogP contribution in [0.15, 0.2) is 42.5 Å². The number of nitrogens with one attached hydrogen (secondary N) is 1. The molecule has 0 saturated carbocycles. The van der Waals surface area contributed by atoms with Crippen LogP contribution in [0.4, 0.5) is 5.69 Å². The fraction of sp³-hybridized carbons (Fsp3) is 0.318. The van der Waals surface area contributed by atoms with Crippen LogP contribution in [-0.4, -0.2) is 5.91 Å². The molecule has 0 aliphatic heterocycles. The molecule has 0 bridgehead atoms. The summed E-state index contributed by atoms with van der Waals surface area (Å²) in [5.74, 6) is 0.699. The Morgan fingerprint density at radius 1 is 0.875 bits per heavy atom. The molecule has 0 aromatic heterocycles. The molecule has 0 heterocycles. The van der Waals surface area contributed by atoms with Crippen LogP contribution in [0.5, 0.6) is 0 Å². The lowest BCUT2D eigenvalue weighted by molar-refractivity contribution is 0.102. The van der Waals surface area contributed by atoms with Crippen molar-refractivity contribution in [2.24, 2.45) is 0 Å². The van der Waals surface area contributed by atoms with Gasteiger partial charge >= 0.3 is 0 Å². The Hall–Kier alpha value is -2.53. The number of hydrogen-bond donors (Lipinski definition) is 1. The quantitative estimate of drug-likeness (QED) is 0.714.